The van der Waals surface area contributed by atoms with Crippen molar-refractivity contribution in [3.63, 3.8) is 0 Å². The third kappa shape index (κ3) is 3.88. The number of rotatable bonds is 6. The molecule has 0 aliphatic heterocycles. The van der Waals surface area contributed by atoms with Crippen molar-refractivity contribution in [3.05, 3.63) is 16.9 Å². The molecule has 0 saturated heterocycles. The number of benzene rings is 1. The summed E-state index contributed by atoms with van der Waals surface area (Å²) in [6.07, 6.45) is 1.07. The van der Waals surface area contributed by atoms with E-state index in [2.05, 4.69) is 24.1 Å². The Morgan fingerprint density at radius 3 is 2.63 bits per heavy atom. The molecule has 1 aromatic carbocycles. The molecule has 0 spiro atoms. The van der Waals surface area contributed by atoms with E-state index < -0.39 is 5.82 Å². The van der Waals surface area contributed by atoms with Crippen LogP contribution in [-0.2, 0) is 0 Å². The molecule has 4 nitrogen and oxygen atoms in total. The van der Waals surface area contributed by atoms with Crippen LogP contribution in [0.15, 0.2) is 6.07 Å². The highest BCUT2D eigenvalue weighted by molar-refractivity contribution is 6.33. The summed E-state index contributed by atoms with van der Waals surface area (Å²) >= 11 is 5.76. The monoisotopic (exact) mass is 288 g/mol. The van der Waals surface area contributed by atoms with Crippen LogP contribution in [0.4, 0.5) is 21.5 Å². The van der Waals surface area contributed by atoms with Crippen molar-refractivity contribution < 1.29 is 4.39 Å². The lowest BCUT2D eigenvalue weighted by atomic mass is 10.2. The SMILES string of the molecule is CCC(C)N(C)CCNc1c(N)cc(N)c(Cl)c1F. The zero-order valence-electron chi connectivity index (χ0n) is 11.6. The average molecular weight is 289 g/mol. The fraction of sp³-hybridized carbons (Fsp3) is 0.538. The molecule has 0 aliphatic rings. The summed E-state index contributed by atoms with van der Waals surface area (Å²) < 4.78 is 13.9. The summed E-state index contributed by atoms with van der Waals surface area (Å²) in [7, 11) is 2.03. The molecule has 1 aromatic rings. The summed E-state index contributed by atoms with van der Waals surface area (Å²) in [5, 5.41) is 2.89. The van der Waals surface area contributed by atoms with Gasteiger partial charge >= 0.3 is 0 Å². The maximum absolute atomic E-state index is 13.9. The highest BCUT2D eigenvalue weighted by atomic mass is 35.5. The van der Waals surface area contributed by atoms with E-state index in [4.69, 9.17) is 23.1 Å². The van der Waals surface area contributed by atoms with Gasteiger partial charge in [0.15, 0.2) is 5.82 Å². The van der Waals surface area contributed by atoms with Crippen LogP contribution in [0, 0.1) is 5.82 Å². The summed E-state index contributed by atoms with van der Waals surface area (Å²) in [4.78, 5) is 2.19. The van der Waals surface area contributed by atoms with Crippen molar-refractivity contribution in [2.75, 3.05) is 36.9 Å². The van der Waals surface area contributed by atoms with E-state index >= 15 is 0 Å². The van der Waals surface area contributed by atoms with E-state index in [9.17, 15) is 4.39 Å². The molecule has 6 heteroatoms. The quantitative estimate of drug-likeness (QED) is 0.704. The fourth-order valence-corrected chi connectivity index (χ4v) is 1.88. The number of likely N-dealkylation sites (N-methyl/N-ethyl adjacent to an activating group) is 1. The van der Waals surface area contributed by atoms with Gasteiger partial charge in [-0.3, -0.25) is 0 Å². The van der Waals surface area contributed by atoms with Crippen LogP contribution < -0.4 is 16.8 Å². The van der Waals surface area contributed by atoms with Crippen LogP contribution in [-0.4, -0.2) is 31.1 Å². The van der Waals surface area contributed by atoms with E-state index in [-0.39, 0.29) is 22.1 Å². The summed E-state index contributed by atoms with van der Waals surface area (Å²) in [6.45, 7) is 5.65. The van der Waals surface area contributed by atoms with Gasteiger partial charge in [0.25, 0.3) is 0 Å². The molecule has 0 saturated carbocycles. The lowest BCUT2D eigenvalue weighted by Crippen LogP contribution is -2.32. The molecule has 0 bridgehead atoms. The second kappa shape index (κ2) is 6.82. The Labute approximate surface area is 118 Å². The van der Waals surface area contributed by atoms with Crippen LogP contribution in [0.5, 0.6) is 0 Å². The van der Waals surface area contributed by atoms with Crippen molar-refractivity contribution in [2.45, 2.75) is 26.3 Å². The minimum Gasteiger partial charge on any atom is -0.397 e. The molecule has 1 unspecified atom stereocenters. The number of hydrogen-bond donors (Lipinski definition) is 3. The Bertz CT molecular complexity index is 439. The van der Waals surface area contributed by atoms with Gasteiger partial charge in [0.2, 0.25) is 0 Å². The van der Waals surface area contributed by atoms with E-state index in [1.54, 1.807) is 0 Å². The van der Waals surface area contributed by atoms with Gasteiger partial charge < -0.3 is 21.7 Å². The number of nitrogens with two attached hydrogens (primary N) is 2. The van der Waals surface area contributed by atoms with Crippen molar-refractivity contribution >= 4 is 28.7 Å². The van der Waals surface area contributed by atoms with Crippen molar-refractivity contribution in [3.8, 4) is 0 Å². The second-order valence-electron chi connectivity index (χ2n) is 4.72. The Balaban J connectivity index is 2.66. The number of halogens is 2. The Morgan fingerprint density at radius 2 is 2.05 bits per heavy atom. The highest BCUT2D eigenvalue weighted by Gasteiger charge is 2.14. The van der Waals surface area contributed by atoms with E-state index in [0.717, 1.165) is 13.0 Å². The van der Waals surface area contributed by atoms with Gasteiger partial charge in [0.05, 0.1) is 17.1 Å². The molecule has 0 aliphatic carbocycles. The third-order valence-electron chi connectivity index (χ3n) is 3.37. The second-order valence-corrected chi connectivity index (χ2v) is 5.10. The summed E-state index contributed by atoms with van der Waals surface area (Å²) in [6, 6.07) is 1.95. The summed E-state index contributed by atoms with van der Waals surface area (Å²) in [5.74, 6) is -0.592. The van der Waals surface area contributed by atoms with E-state index in [1.807, 2.05) is 7.05 Å². The molecule has 0 amide bonds. The Kier molecular flexibility index (Phi) is 5.69. The van der Waals surface area contributed by atoms with Gasteiger partial charge in [-0.1, -0.05) is 18.5 Å². The average Bonchev–Trinajstić information content (AvgIpc) is 2.38. The number of nitrogens with one attached hydrogen (secondary N) is 1. The zero-order chi connectivity index (χ0) is 14.6. The first-order chi connectivity index (χ1) is 8.88. The minimum atomic E-state index is -0.592. The first-order valence-corrected chi connectivity index (χ1v) is 6.73. The van der Waals surface area contributed by atoms with Gasteiger partial charge in [0, 0.05) is 19.1 Å². The summed E-state index contributed by atoms with van der Waals surface area (Å²) in [5.41, 5.74) is 11.9. The molecule has 1 rings (SSSR count). The molecule has 0 radical (unpaired) electrons. The van der Waals surface area contributed by atoms with Crippen LogP contribution >= 0.6 is 11.6 Å². The number of anilines is 3. The largest absolute Gasteiger partial charge is 0.397 e. The first kappa shape index (κ1) is 15.9. The van der Waals surface area contributed by atoms with Gasteiger partial charge in [-0.15, -0.1) is 0 Å². The predicted molar refractivity (Wildman–Crippen MR) is 81.1 cm³/mol. The highest BCUT2D eigenvalue weighted by Crippen LogP contribution is 2.33. The third-order valence-corrected chi connectivity index (χ3v) is 3.76. The predicted octanol–water partition coefficient (Wildman–Crippen LogP) is 2.79. The van der Waals surface area contributed by atoms with E-state index in [1.165, 1.54) is 6.07 Å². The van der Waals surface area contributed by atoms with Gasteiger partial charge in [-0.2, -0.15) is 0 Å². The van der Waals surface area contributed by atoms with Gasteiger partial charge in [0.1, 0.15) is 5.02 Å². The first-order valence-electron chi connectivity index (χ1n) is 6.35. The van der Waals surface area contributed by atoms with Crippen LogP contribution in [0.25, 0.3) is 0 Å². The van der Waals surface area contributed by atoms with Gasteiger partial charge in [-0.25, -0.2) is 4.39 Å². The number of nitrogen functional groups attached to an aromatic ring is 2. The van der Waals surface area contributed by atoms with Crippen molar-refractivity contribution in [1.82, 2.24) is 4.90 Å². The molecule has 19 heavy (non-hydrogen) atoms. The van der Waals surface area contributed by atoms with Crippen LogP contribution in [0.1, 0.15) is 20.3 Å². The lowest BCUT2D eigenvalue weighted by molar-refractivity contribution is 0.261. The minimum absolute atomic E-state index is 0.0908. The Hall–Kier alpha value is -1.20. The molecule has 0 aromatic heterocycles. The Morgan fingerprint density at radius 1 is 1.42 bits per heavy atom. The maximum atomic E-state index is 13.9. The van der Waals surface area contributed by atoms with Gasteiger partial charge in [-0.05, 0) is 26.5 Å². The number of nitrogens with zero attached hydrogens (tertiary/aromatic N) is 1. The smallest absolute Gasteiger partial charge is 0.169 e. The van der Waals surface area contributed by atoms with Crippen LogP contribution in [0.3, 0.4) is 0 Å². The molecule has 108 valence electrons. The molecular weight excluding hydrogens is 267 g/mol. The molecule has 5 N–H and O–H groups in total. The maximum Gasteiger partial charge on any atom is 0.169 e. The zero-order valence-corrected chi connectivity index (χ0v) is 12.4. The molecule has 1 atom stereocenters. The topological polar surface area (TPSA) is 67.3 Å². The van der Waals surface area contributed by atoms with Crippen molar-refractivity contribution in [2.24, 2.45) is 0 Å². The normalized spacial score (nSPS) is 12.7. The standard InChI is InChI=1S/C13H22ClFN4/c1-4-8(2)19(3)6-5-18-13-10(17)7-9(16)11(14)12(13)15/h7-8,18H,4-6,16-17H2,1-3H3. The number of hydrogen-bond acceptors (Lipinski definition) is 4. The lowest BCUT2D eigenvalue weighted by Gasteiger charge is -2.24. The van der Waals surface area contributed by atoms with E-state index in [0.29, 0.717) is 12.6 Å². The fourth-order valence-electron chi connectivity index (χ4n) is 1.74. The van der Waals surface area contributed by atoms with Crippen LogP contribution in [0.2, 0.25) is 5.02 Å². The van der Waals surface area contributed by atoms with Crippen molar-refractivity contribution in [1.29, 1.82) is 0 Å². The molecular formula is C13H22ClFN4. The molecule has 0 heterocycles. The molecule has 0 fully saturated rings.